The van der Waals surface area contributed by atoms with Gasteiger partial charge in [0, 0.05) is 11.8 Å². The van der Waals surface area contributed by atoms with Crippen molar-refractivity contribution in [3.05, 3.63) is 75.3 Å². The van der Waals surface area contributed by atoms with Crippen LogP contribution in [0.1, 0.15) is 16.7 Å². The van der Waals surface area contributed by atoms with Crippen LogP contribution in [0.25, 0.3) is 6.08 Å². The molecule has 0 amide bonds. The van der Waals surface area contributed by atoms with E-state index in [4.69, 9.17) is 0 Å². The number of anilines is 1. The second-order valence-electron chi connectivity index (χ2n) is 6.88. The largest absolute Gasteiger partial charge is 0.360 e. The van der Waals surface area contributed by atoms with Crippen molar-refractivity contribution in [2.24, 2.45) is 0 Å². The first-order valence-electron chi connectivity index (χ1n) is 9.11. The van der Waals surface area contributed by atoms with Crippen LogP contribution in [0.5, 0.6) is 0 Å². The van der Waals surface area contributed by atoms with Gasteiger partial charge >= 0.3 is 0 Å². The van der Waals surface area contributed by atoms with Gasteiger partial charge in [-0.3, -0.25) is 10.1 Å². The first-order chi connectivity index (χ1) is 12.6. The fourth-order valence-corrected chi connectivity index (χ4v) is 3.49. The van der Waals surface area contributed by atoms with Crippen molar-refractivity contribution in [1.29, 1.82) is 0 Å². The third-order valence-corrected chi connectivity index (χ3v) is 5.22. The van der Waals surface area contributed by atoms with E-state index < -0.39 is 0 Å². The van der Waals surface area contributed by atoms with Gasteiger partial charge in [-0.15, -0.1) is 0 Å². The standard InChI is InChI=1S/C21H25N3O2/c1-17-7-5-11-20(18(17)2)23-15-13-22(14-16-23)12-6-9-19-8-3-4-10-21(19)24(25)26/h3-11H,12-16H2,1-2H3/p+1/b9-6+. The Kier molecular flexibility index (Phi) is 5.68. The molecule has 5 nitrogen and oxygen atoms in total. The lowest BCUT2D eigenvalue weighted by atomic mass is 10.1. The molecule has 1 fully saturated rings. The molecule has 1 heterocycles. The van der Waals surface area contributed by atoms with E-state index in [0.717, 1.165) is 32.7 Å². The zero-order valence-electron chi connectivity index (χ0n) is 15.4. The maximum atomic E-state index is 11.1. The summed E-state index contributed by atoms with van der Waals surface area (Å²) in [6.45, 7) is 9.49. The van der Waals surface area contributed by atoms with Crippen molar-refractivity contribution in [3.63, 3.8) is 0 Å². The monoisotopic (exact) mass is 352 g/mol. The van der Waals surface area contributed by atoms with E-state index in [1.165, 1.54) is 21.7 Å². The second-order valence-corrected chi connectivity index (χ2v) is 6.88. The molecule has 1 N–H and O–H groups in total. The number of aryl methyl sites for hydroxylation is 1. The van der Waals surface area contributed by atoms with Gasteiger partial charge in [0.2, 0.25) is 0 Å². The highest BCUT2D eigenvalue weighted by Crippen LogP contribution is 2.22. The van der Waals surface area contributed by atoms with Crippen molar-refractivity contribution in [2.75, 3.05) is 37.6 Å². The van der Waals surface area contributed by atoms with Gasteiger partial charge in [0.1, 0.15) is 0 Å². The summed E-state index contributed by atoms with van der Waals surface area (Å²) in [5, 5.41) is 11.1. The predicted molar refractivity (Wildman–Crippen MR) is 106 cm³/mol. The molecule has 5 heteroatoms. The van der Waals surface area contributed by atoms with Crippen LogP contribution >= 0.6 is 0 Å². The molecule has 0 aliphatic carbocycles. The summed E-state index contributed by atoms with van der Waals surface area (Å²) >= 11 is 0. The van der Waals surface area contributed by atoms with Gasteiger partial charge in [0.25, 0.3) is 5.69 Å². The molecule has 0 unspecified atom stereocenters. The summed E-state index contributed by atoms with van der Waals surface area (Å²) in [6.07, 6.45) is 3.94. The van der Waals surface area contributed by atoms with E-state index in [1.54, 1.807) is 18.2 Å². The van der Waals surface area contributed by atoms with E-state index in [2.05, 4.69) is 43.0 Å². The molecule has 0 spiro atoms. The second kappa shape index (κ2) is 8.15. The molecule has 0 bridgehead atoms. The molecule has 0 radical (unpaired) electrons. The van der Waals surface area contributed by atoms with Gasteiger partial charge in [0.15, 0.2) is 0 Å². The lowest BCUT2D eigenvalue weighted by molar-refractivity contribution is -0.894. The third-order valence-electron chi connectivity index (χ3n) is 5.22. The molecule has 136 valence electrons. The minimum Gasteiger partial charge on any atom is -0.360 e. The highest BCUT2D eigenvalue weighted by atomic mass is 16.6. The van der Waals surface area contributed by atoms with E-state index in [1.807, 2.05) is 12.1 Å². The summed E-state index contributed by atoms with van der Waals surface area (Å²) in [6, 6.07) is 13.4. The predicted octanol–water partition coefficient (Wildman–Crippen LogP) is 2.63. The van der Waals surface area contributed by atoms with Gasteiger partial charge < -0.3 is 9.80 Å². The average Bonchev–Trinajstić information content (AvgIpc) is 2.65. The maximum absolute atomic E-state index is 11.1. The first kappa shape index (κ1) is 18.1. The number of para-hydroxylation sites is 1. The van der Waals surface area contributed by atoms with Crippen LogP contribution in [0, 0.1) is 24.0 Å². The Morgan fingerprint density at radius 3 is 2.58 bits per heavy atom. The molecule has 2 aromatic rings. The average molecular weight is 352 g/mol. The van der Waals surface area contributed by atoms with Crippen LogP contribution in [0.15, 0.2) is 48.5 Å². The summed E-state index contributed by atoms with van der Waals surface area (Å²) in [5.41, 5.74) is 4.89. The maximum Gasteiger partial charge on any atom is 0.276 e. The van der Waals surface area contributed by atoms with Crippen LogP contribution < -0.4 is 9.80 Å². The summed E-state index contributed by atoms with van der Waals surface area (Å²) in [5.74, 6) is 0. The Labute approximate surface area is 154 Å². The van der Waals surface area contributed by atoms with Crippen LogP contribution in [-0.4, -0.2) is 37.6 Å². The van der Waals surface area contributed by atoms with Gasteiger partial charge in [0.05, 0.1) is 43.2 Å². The number of piperazine rings is 1. The highest BCUT2D eigenvalue weighted by molar-refractivity contribution is 5.60. The lowest BCUT2D eigenvalue weighted by Crippen LogP contribution is -3.14. The minimum atomic E-state index is -0.324. The van der Waals surface area contributed by atoms with Crippen LogP contribution in [0.4, 0.5) is 11.4 Å². The first-order valence-corrected chi connectivity index (χ1v) is 9.11. The molecule has 1 aliphatic rings. The molecule has 26 heavy (non-hydrogen) atoms. The van der Waals surface area contributed by atoms with Crippen LogP contribution in [0.2, 0.25) is 0 Å². The zero-order valence-corrected chi connectivity index (χ0v) is 15.4. The third kappa shape index (κ3) is 4.11. The normalized spacial score (nSPS) is 15.5. The van der Waals surface area contributed by atoms with E-state index in [-0.39, 0.29) is 10.6 Å². The molecular weight excluding hydrogens is 326 g/mol. The van der Waals surface area contributed by atoms with Crippen molar-refractivity contribution >= 4 is 17.5 Å². The van der Waals surface area contributed by atoms with Gasteiger partial charge in [-0.05, 0) is 49.3 Å². The van der Waals surface area contributed by atoms with Crippen molar-refractivity contribution in [1.82, 2.24) is 0 Å². The number of nitrogens with zero attached hydrogens (tertiary/aromatic N) is 2. The molecule has 1 aliphatic heterocycles. The molecule has 0 aromatic heterocycles. The van der Waals surface area contributed by atoms with Crippen LogP contribution in [-0.2, 0) is 0 Å². The number of hydrogen-bond donors (Lipinski definition) is 1. The van der Waals surface area contributed by atoms with Crippen molar-refractivity contribution in [3.8, 4) is 0 Å². The van der Waals surface area contributed by atoms with E-state index in [0.29, 0.717) is 5.56 Å². The van der Waals surface area contributed by atoms with E-state index in [9.17, 15) is 10.1 Å². The minimum absolute atomic E-state index is 0.165. The zero-order chi connectivity index (χ0) is 18.5. The van der Waals surface area contributed by atoms with Gasteiger partial charge in [-0.25, -0.2) is 0 Å². The number of nitro groups is 1. The number of benzene rings is 2. The smallest absolute Gasteiger partial charge is 0.276 e. The Morgan fingerprint density at radius 2 is 1.85 bits per heavy atom. The number of hydrogen-bond acceptors (Lipinski definition) is 3. The van der Waals surface area contributed by atoms with E-state index >= 15 is 0 Å². The lowest BCUT2D eigenvalue weighted by Gasteiger charge is -2.34. The Balaban J connectivity index is 1.56. The molecule has 3 rings (SSSR count). The Hall–Kier alpha value is -2.66. The number of nitrogens with one attached hydrogen (secondary N) is 1. The number of nitro benzene ring substituents is 1. The summed E-state index contributed by atoms with van der Waals surface area (Å²) in [4.78, 5) is 14.7. The Morgan fingerprint density at radius 1 is 1.12 bits per heavy atom. The quantitative estimate of drug-likeness (QED) is 0.665. The van der Waals surface area contributed by atoms with Gasteiger partial charge in [-0.1, -0.05) is 24.3 Å². The molecule has 0 saturated carbocycles. The molecule has 2 aromatic carbocycles. The SMILES string of the molecule is Cc1cccc(N2CC[NH+](C/C=C/c3ccccc3[N+](=O)[O-])CC2)c1C. The molecule has 1 saturated heterocycles. The highest BCUT2D eigenvalue weighted by Gasteiger charge is 2.20. The van der Waals surface area contributed by atoms with Gasteiger partial charge in [-0.2, -0.15) is 0 Å². The fourth-order valence-electron chi connectivity index (χ4n) is 3.49. The summed E-state index contributed by atoms with van der Waals surface area (Å²) in [7, 11) is 0. The Bertz CT molecular complexity index is 809. The summed E-state index contributed by atoms with van der Waals surface area (Å²) < 4.78 is 0. The molecular formula is C21H26N3O2+. The molecule has 0 atom stereocenters. The van der Waals surface area contributed by atoms with Crippen molar-refractivity contribution in [2.45, 2.75) is 13.8 Å². The van der Waals surface area contributed by atoms with Crippen LogP contribution in [0.3, 0.4) is 0 Å². The topological polar surface area (TPSA) is 50.8 Å². The number of quaternary nitrogens is 1. The fraction of sp³-hybridized carbons (Fsp3) is 0.333. The number of rotatable bonds is 5. The van der Waals surface area contributed by atoms with Crippen molar-refractivity contribution < 1.29 is 9.82 Å².